The summed E-state index contributed by atoms with van der Waals surface area (Å²) in [6, 6.07) is 4.94. The Morgan fingerprint density at radius 3 is 2.77 bits per heavy atom. The molecule has 1 saturated carbocycles. The Morgan fingerprint density at radius 2 is 2.13 bits per heavy atom. The highest BCUT2D eigenvalue weighted by atomic mass is 16.5. The number of benzene rings is 1. The largest absolute Gasteiger partial charge is 0.497 e. The molecule has 7 heteroatoms. The molecule has 0 spiro atoms. The number of carbonyl (C=O) groups is 2. The third-order valence-corrected chi connectivity index (χ3v) is 7.36. The second-order valence-corrected chi connectivity index (χ2v) is 9.22. The number of aliphatic hydroxyl groups is 1. The van der Waals surface area contributed by atoms with Crippen molar-refractivity contribution in [3.8, 4) is 5.75 Å². The Hall–Kier alpha value is -2.12. The van der Waals surface area contributed by atoms with Gasteiger partial charge in [-0.1, -0.05) is 19.4 Å². The van der Waals surface area contributed by atoms with Crippen molar-refractivity contribution >= 4 is 11.9 Å². The van der Waals surface area contributed by atoms with Gasteiger partial charge in [-0.05, 0) is 67.3 Å². The van der Waals surface area contributed by atoms with Crippen molar-refractivity contribution in [2.75, 3.05) is 20.2 Å². The molecule has 164 valence electrons. The Morgan fingerprint density at radius 1 is 1.37 bits per heavy atom. The van der Waals surface area contributed by atoms with Crippen LogP contribution >= 0.6 is 0 Å². The molecule has 4 unspecified atom stereocenters. The number of urea groups is 1. The zero-order chi connectivity index (χ0) is 21.5. The van der Waals surface area contributed by atoms with E-state index < -0.39 is 17.6 Å². The molecule has 1 aliphatic heterocycles. The molecular formula is C23H33N3O4. The summed E-state index contributed by atoms with van der Waals surface area (Å²) in [6.07, 6.45) is 4.78. The van der Waals surface area contributed by atoms with Gasteiger partial charge in [0.2, 0.25) is 5.91 Å². The SMILES string of the molecule is CCCC1C2C(O)c3ccc(OC)cc3C1(CC(=O)NC(N)=O)CCN2CC1CC1. The summed E-state index contributed by atoms with van der Waals surface area (Å²) in [6.45, 7) is 3.99. The third kappa shape index (κ3) is 3.69. The van der Waals surface area contributed by atoms with Gasteiger partial charge in [-0.2, -0.15) is 0 Å². The summed E-state index contributed by atoms with van der Waals surface area (Å²) in [7, 11) is 1.62. The predicted molar refractivity (Wildman–Crippen MR) is 113 cm³/mol. The zero-order valence-electron chi connectivity index (χ0n) is 17.9. The second kappa shape index (κ2) is 8.19. The van der Waals surface area contributed by atoms with Gasteiger partial charge in [0.15, 0.2) is 0 Å². The Kier molecular flexibility index (Phi) is 5.77. The summed E-state index contributed by atoms with van der Waals surface area (Å²) < 4.78 is 5.48. The standard InChI is InChI=1S/C23H33N3O4/c1-3-4-17-20-21(28)16-8-7-15(30-2)11-18(16)23(17,12-19(27)25-22(24)29)9-10-26(20)13-14-5-6-14/h7-8,11,14,17,20-21,28H,3-6,9-10,12-13H2,1-2H3,(H3,24,25,27,29). The monoisotopic (exact) mass is 415 g/mol. The molecule has 4 rings (SSSR count). The third-order valence-electron chi connectivity index (χ3n) is 7.36. The van der Waals surface area contributed by atoms with Gasteiger partial charge >= 0.3 is 6.03 Å². The van der Waals surface area contributed by atoms with Crippen molar-refractivity contribution in [2.24, 2.45) is 17.6 Å². The van der Waals surface area contributed by atoms with Crippen LogP contribution in [0, 0.1) is 11.8 Å². The Labute approximate surface area is 177 Å². The van der Waals surface area contributed by atoms with E-state index in [2.05, 4.69) is 17.1 Å². The van der Waals surface area contributed by atoms with Crippen molar-refractivity contribution in [1.82, 2.24) is 10.2 Å². The first-order chi connectivity index (χ1) is 14.4. The minimum Gasteiger partial charge on any atom is -0.497 e. The smallest absolute Gasteiger partial charge is 0.318 e. The number of nitrogens with zero attached hydrogens (tertiary/aromatic N) is 1. The van der Waals surface area contributed by atoms with E-state index in [-0.39, 0.29) is 24.3 Å². The van der Waals surface area contributed by atoms with Crippen LogP contribution in [-0.2, 0) is 10.2 Å². The van der Waals surface area contributed by atoms with Crippen molar-refractivity contribution in [3.63, 3.8) is 0 Å². The van der Waals surface area contributed by atoms with Crippen LogP contribution in [-0.4, -0.2) is 48.2 Å². The fraction of sp³-hybridized carbons (Fsp3) is 0.652. The lowest BCUT2D eigenvalue weighted by Crippen LogP contribution is -2.62. The highest BCUT2D eigenvalue weighted by Crippen LogP contribution is 2.56. The molecule has 1 saturated heterocycles. The molecule has 4 atom stereocenters. The molecule has 1 aromatic rings. The van der Waals surface area contributed by atoms with Crippen LogP contribution in [0.5, 0.6) is 5.75 Å². The predicted octanol–water partition coefficient (Wildman–Crippen LogP) is 2.47. The highest BCUT2D eigenvalue weighted by Gasteiger charge is 2.57. The molecule has 30 heavy (non-hydrogen) atoms. The number of fused-ring (bicyclic) bond motifs is 4. The molecule has 2 aliphatic carbocycles. The van der Waals surface area contributed by atoms with Gasteiger partial charge in [-0.15, -0.1) is 0 Å². The molecule has 1 heterocycles. The average Bonchev–Trinajstić information content (AvgIpc) is 3.52. The lowest BCUT2D eigenvalue weighted by molar-refractivity contribution is -0.126. The number of carbonyl (C=O) groups excluding carboxylic acids is 2. The minimum atomic E-state index is -0.826. The second-order valence-electron chi connectivity index (χ2n) is 9.22. The molecule has 3 amide bonds. The van der Waals surface area contributed by atoms with E-state index in [9.17, 15) is 14.7 Å². The molecule has 0 radical (unpaired) electrons. The van der Waals surface area contributed by atoms with Crippen LogP contribution in [0.2, 0.25) is 0 Å². The molecule has 1 aromatic carbocycles. The number of amides is 3. The Bertz CT molecular complexity index is 825. The van der Waals surface area contributed by atoms with Gasteiger partial charge in [-0.25, -0.2) is 4.79 Å². The average molecular weight is 416 g/mol. The fourth-order valence-electron chi connectivity index (χ4n) is 5.93. The van der Waals surface area contributed by atoms with Crippen LogP contribution in [0.4, 0.5) is 4.79 Å². The van der Waals surface area contributed by atoms with Crippen molar-refractivity contribution in [1.29, 1.82) is 0 Å². The maximum Gasteiger partial charge on any atom is 0.318 e. The molecule has 0 aromatic heterocycles. The van der Waals surface area contributed by atoms with Crippen LogP contribution in [0.25, 0.3) is 0 Å². The molecular weight excluding hydrogens is 382 g/mol. The van der Waals surface area contributed by atoms with Gasteiger partial charge in [0.05, 0.1) is 13.2 Å². The van der Waals surface area contributed by atoms with E-state index >= 15 is 0 Å². The number of aliphatic hydroxyl groups excluding tert-OH is 1. The number of nitrogens with two attached hydrogens (primary N) is 1. The molecule has 2 fully saturated rings. The summed E-state index contributed by atoms with van der Waals surface area (Å²) in [5, 5.41) is 13.7. The van der Waals surface area contributed by atoms with Gasteiger partial charge in [0.1, 0.15) is 5.75 Å². The summed E-state index contributed by atoms with van der Waals surface area (Å²) in [5.74, 6) is 1.19. The number of hydrogen-bond donors (Lipinski definition) is 3. The van der Waals surface area contributed by atoms with Crippen molar-refractivity contribution in [2.45, 2.75) is 63.0 Å². The van der Waals surface area contributed by atoms with E-state index in [0.717, 1.165) is 49.4 Å². The quantitative estimate of drug-likeness (QED) is 0.635. The number of piperidine rings is 1. The number of imide groups is 1. The first kappa shape index (κ1) is 21.1. The highest BCUT2D eigenvalue weighted by molar-refractivity contribution is 5.94. The lowest BCUT2D eigenvalue weighted by Gasteiger charge is -2.58. The number of ether oxygens (including phenoxy) is 1. The summed E-state index contributed by atoms with van der Waals surface area (Å²) in [5.41, 5.74) is 6.63. The summed E-state index contributed by atoms with van der Waals surface area (Å²) >= 11 is 0. The van der Waals surface area contributed by atoms with Crippen molar-refractivity contribution < 1.29 is 19.4 Å². The van der Waals surface area contributed by atoms with E-state index in [1.807, 2.05) is 18.2 Å². The normalized spacial score (nSPS) is 30.4. The maximum atomic E-state index is 12.8. The van der Waals surface area contributed by atoms with Crippen LogP contribution in [0.1, 0.15) is 62.7 Å². The van der Waals surface area contributed by atoms with Gasteiger partial charge < -0.3 is 15.6 Å². The Balaban J connectivity index is 1.81. The van der Waals surface area contributed by atoms with Gasteiger partial charge in [-0.3, -0.25) is 15.0 Å². The first-order valence-corrected chi connectivity index (χ1v) is 11.1. The van der Waals surface area contributed by atoms with E-state index in [1.54, 1.807) is 7.11 Å². The first-order valence-electron chi connectivity index (χ1n) is 11.1. The van der Waals surface area contributed by atoms with Gasteiger partial charge in [0.25, 0.3) is 0 Å². The van der Waals surface area contributed by atoms with E-state index in [0.29, 0.717) is 5.75 Å². The zero-order valence-corrected chi connectivity index (χ0v) is 17.9. The number of likely N-dealkylation sites (tertiary alicyclic amines) is 1. The van der Waals surface area contributed by atoms with Gasteiger partial charge in [0, 0.05) is 24.4 Å². The minimum absolute atomic E-state index is 0.0263. The lowest BCUT2D eigenvalue weighted by atomic mass is 9.54. The van der Waals surface area contributed by atoms with E-state index in [1.165, 1.54) is 12.8 Å². The molecule has 2 bridgehead atoms. The van der Waals surface area contributed by atoms with Crippen LogP contribution < -0.4 is 15.8 Å². The molecule has 7 nitrogen and oxygen atoms in total. The topological polar surface area (TPSA) is 105 Å². The maximum absolute atomic E-state index is 12.8. The number of rotatable bonds is 7. The van der Waals surface area contributed by atoms with Crippen LogP contribution in [0.15, 0.2) is 18.2 Å². The molecule has 3 aliphatic rings. The summed E-state index contributed by atoms with van der Waals surface area (Å²) in [4.78, 5) is 26.6. The van der Waals surface area contributed by atoms with Crippen molar-refractivity contribution in [3.05, 3.63) is 29.3 Å². The number of primary amides is 1. The number of hydrogen-bond acceptors (Lipinski definition) is 5. The fourth-order valence-corrected chi connectivity index (χ4v) is 5.93. The number of methoxy groups -OCH3 is 1. The molecule has 4 N–H and O–H groups in total. The van der Waals surface area contributed by atoms with E-state index in [4.69, 9.17) is 10.5 Å². The van der Waals surface area contributed by atoms with Crippen LogP contribution in [0.3, 0.4) is 0 Å². The number of nitrogens with one attached hydrogen (secondary N) is 1.